The van der Waals surface area contributed by atoms with Crippen LogP contribution < -0.4 is 0 Å². The normalized spacial score (nSPS) is 13.7. The fraction of sp³-hybridized carbons (Fsp3) is 1.00. The van der Waals surface area contributed by atoms with E-state index in [-0.39, 0.29) is 6.10 Å². The highest BCUT2D eigenvalue weighted by Crippen LogP contribution is 2.10. The third-order valence-electron chi connectivity index (χ3n) is 1.32. The monoisotopic (exact) mass is 187 g/mol. The minimum Gasteiger partial charge on any atom is -0.415 e. The van der Waals surface area contributed by atoms with Gasteiger partial charge in [-0.1, -0.05) is 12.0 Å². The predicted molar refractivity (Wildman–Crippen MR) is 52.5 cm³/mol. The third-order valence-corrected chi connectivity index (χ3v) is 2.36. The molecule has 1 unspecified atom stereocenters. The molecule has 0 fully saturated rings. The maximum absolute atomic E-state index is 8.12. The van der Waals surface area contributed by atoms with Gasteiger partial charge in [-0.05, 0) is 31.6 Å². The summed E-state index contributed by atoms with van der Waals surface area (Å²) in [7, 11) is -1.47. The van der Waals surface area contributed by atoms with Crippen molar-refractivity contribution < 1.29 is 4.43 Å². The highest BCUT2D eigenvalue weighted by Gasteiger charge is 2.19. The molecule has 5 heteroatoms. The van der Waals surface area contributed by atoms with Crippen molar-refractivity contribution in [2.45, 2.75) is 39.1 Å². The largest absolute Gasteiger partial charge is 0.415 e. The number of azide groups is 1. The molecule has 0 N–H and O–H groups in total. The van der Waals surface area contributed by atoms with E-state index < -0.39 is 8.32 Å². The lowest BCUT2D eigenvalue weighted by molar-refractivity contribution is 0.198. The van der Waals surface area contributed by atoms with Gasteiger partial charge in [0, 0.05) is 4.91 Å². The summed E-state index contributed by atoms with van der Waals surface area (Å²) in [6.07, 6.45) is 1.01. The minimum absolute atomic E-state index is 0.104. The summed E-state index contributed by atoms with van der Waals surface area (Å²) in [5.74, 6) is 0. The highest BCUT2D eigenvalue weighted by molar-refractivity contribution is 6.69. The molecule has 4 nitrogen and oxygen atoms in total. The molecule has 70 valence electrons. The topological polar surface area (TPSA) is 58.0 Å². The summed E-state index contributed by atoms with van der Waals surface area (Å²) in [6, 6.07) is 0. The molecule has 0 aromatic carbocycles. The first-order valence-electron chi connectivity index (χ1n) is 4.18. The van der Waals surface area contributed by atoms with Gasteiger partial charge in [-0.2, -0.15) is 0 Å². The second-order valence-corrected chi connectivity index (χ2v) is 8.13. The van der Waals surface area contributed by atoms with Crippen molar-refractivity contribution in [3.8, 4) is 0 Å². The summed E-state index contributed by atoms with van der Waals surface area (Å²) in [6.45, 7) is 8.89. The van der Waals surface area contributed by atoms with Crippen LogP contribution in [0.15, 0.2) is 5.11 Å². The van der Waals surface area contributed by atoms with Gasteiger partial charge in [0.25, 0.3) is 0 Å². The SMILES string of the molecule is CCC(CN=[N+]=[N-])O[Si](C)(C)C. The Hall–Kier alpha value is -0.513. The Morgan fingerprint density at radius 1 is 1.50 bits per heavy atom. The van der Waals surface area contributed by atoms with E-state index in [0.717, 1.165) is 6.42 Å². The Labute approximate surface area is 74.7 Å². The smallest absolute Gasteiger partial charge is 0.184 e. The van der Waals surface area contributed by atoms with Gasteiger partial charge in [0.05, 0.1) is 12.6 Å². The van der Waals surface area contributed by atoms with Gasteiger partial charge in [0.2, 0.25) is 0 Å². The minimum atomic E-state index is -1.47. The molecule has 0 heterocycles. The Bertz CT molecular complexity index is 172. The number of hydrogen-bond donors (Lipinski definition) is 0. The van der Waals surface area contributed by atoms with Crippen LogP contribution in [0.1, 0.15) is 13.3 Å². The van der Waals surface area contributed by atoms with E-state index >= 15 is 0 Å². The first kappa shape index (κ1) is 11.5. The quantitative estimate of drug-likeness (QED) is 0.282. The van der Waals surface area contributed by atoms with Gasteiger partial charge in [-0.15, -0.1) is 0 Å². The lowest BCUT2D eigenvalue weighted by atomic mass is 10.3. The predicted octanol–water partition coefficient (Wildman–Crippen LogP) is 2.93. The van der Waals surface area contributed by atoms with E-state index in [1.54, 1.807) is 0 Å². The Kier molecular flexibility index (Phi) is 4.97. The van der Waals surface area contributed by atoms with Crippen LogP contribution in [0, 0.1) is 0 Å². The molecule has 0 spiro atoms. The average molecular weight is 187 g/mol. The van der Waals surface area contributed by atoms with Gasteiger partial charge in [0.1, 0.15) is 0 Å². The fourth-order valence-corrected chi connectivity index (χ4v) is 2.12. The molecule has 12 heavy (non-hydrogen) atoms. The summed E-state index contributed by atoms with van der Waals surface area (Å²) in [5.41, 5.74) is 8.12. The van der Waals surface area contributed by atoms with Crippen LogP contribution >= 0.6 is 0 Å². The number of hydrogen-bond acceptors (Lipinski definition) is 2. The molecule has 0 rings (SSSR count). The van der Waals surface area contributed by atoms with Crippen molar-refractivity contribution in [3.63, 3.8) is 0 Å². The highest BCUT2D eigenvalue weighted by atomic mass is 28.4. The van der Waals surface area contributed by atoms with Crippen LogP contribution in [0.3, 0.4) is 0 Å². The lowest BCUT2D eigenvalue weighted by Gasteiger charge is -2.24. The second kappa shape index (κ2) is 5.19. The summed E-state index contributed by atoms with van der Waals surface area (Å²) in [4.78, 5) is 2.71. The van der Waals surface area contributed by atoms with Crippen LogP contribution in [0.2, 0.25) is 19.6 Å². The second-order valence-electron chi connectivity index (χ2n) is 3.67. The standard InChI is InChI=1S/C7H17N3OSi/c1-5-7(6-9-10-8)11-12(2,3)4/h7H,5-6H2,1-4H3. The molecular weight excluding hydrogens is 170 g/mol. The van der Waals surface area contributed by atoms with Crippen molar-refractivity contribution in [2.24, 2.45) is 5.11 Å². The van der Waals surface area contributed by atoms with Crippen LogP contribution in [-0.4, -0.2) is 21.0 Å². The first-order chi connectivity index (χ1) is 5.49. The lowest BCUT2D eigenvalue weighted by Crippen LogP contribution is -2.33. The molecule has 0 aliphatic rings. The van der Waals surface area contributed by atoms with Crippen LogP contribution in [-0.2, 0) is 4.43 Å². The van der Waals surface area contributed by atoms with Crippen molar-refractivity contribution in [1.82, 2.24) is 0 Å². The van der Waals surface area contributed by atoms with Crippen LogP contribution in [0.25, 0.3) is 10.4 Å². The fourth-order valence-electron chi connectivity index (χ4n) is 0.877. The van der Waals surface area contributed by atoms with Gasteiger partial charge < -0.3 is 4.43 Å². The molecule has 0 saturated carbocycles. The van der Waals surface area contributed by atoms with E-state index in [1.165, 1.54) is 0 Å². The van der Waals surface area contributed by atoms with Crippen LogP contribution in [0.5, 0.6) is 0 Å². The van der Waals surface area contributed by atoms with E-state index in [0.29, 0.717) is 6.54 Å². The molecule has 0 amide bonds. The van der Waals surface area contributed by atoms with Crippen molar-refractivity contribution in [1.29, 1.82) is 0 Å². The molecule has 0 radical (unpaired) electrons. The van der Waals surface area contributed by atoms with Gasteiger partial charge in [0.15, 0.2) is 8.32 Å². The van der Waals surface area contributed by atoms with E-state index in [9.17, 15) is 0 Å². The Balaban J connectivity index is 3.91. The molecule has 0 bridgehead atoms. The van der Waals surface area contributed by atoms with Gasteiger partial charge in [-0.3, -0.25) is 0 Å². The van der Waals surface area contributed by atoms with Gasteiger partial charge >= 0.3 is 0 Å². The number of rotatable bonds is 5. The van der Waals surface area contributed by atoms with Crippen molar-refractivity contribution in [3.05, 3.63) is 10.4 Å². The van der Waals surface area contributed by atoms with Crippen LogP contribution in [0.4, 0.5) is 0 Å². The zero-order chi connectivity index (χ0) is 9.61. The molecule has 0 aliphatic carbocycles. The molecule has 0 aromatic rings. The van der Waals surface area contributed by atoms with Crippen molar-refractivity contribution >= 4 is 8.32 Å². The number of nitrogens with zero attached hydrogens (tertiary/aromatic N) is 3. The Morgan fingerprint density at radius 2 is 2.08 bits per heavy atom. The first-order valence-corrected chi connectivity index (χ1v) is 7.59. The average Bonchev–Trinajstić information content (AvgIpc) is 1.95. The summed E-state index contributed by atoms with van der Waals surface area (Å²) >= 11 is 0. The third kappa shape index (κ3) is 6.21. The summed E-state index contributed by atoms with van der Waals surface area (Å²) < 4.78 is 5.76. The van der Waals surface area contributed by atoms with Gasteiger partial charge in [-0.25, -0.2) is 0 Å². The molecular formula is C7H17N3OSi. The van der Waals surface area contributed by atoms with E-state index in [4.69, 9.17) is 9.96 Å². The maximum Gasteiger partial charge on any atom is 0.184 e. The molecule has 0 aromatic heterocycles. The summed E-state index contributed by atoms with van der Waals surface area (Å²) in [5, 5.41) is 3.50. The maximum atomic E-state index is 8.12. The van der Waals surface area contributed by atoms with Crippen molar-refractivity contribution in [2.75, 3.05) is 6.54 Å². The molecule has 1 atom stereocenters. The molecule has 0 saturated heterocycles. The zero-order valence-electron chi connectivity index (χ0n) is 8.24. The van der Waals surface area contributed by atoms with E-state index in [2.05, 4.69) is 29.7 Å². The Morgan fingerprint density at radius 3 is 2.42 bits per heavy atom. The van der Waals surface area contributed by atoms with E-state index in [1.807, 2.05) is 6.92 Å². The zero-order valence-corrected chi connectivity index (χ0v) is 9.24. The molecule has 0 aliphatic heterocycles.